The molecule has 0 radical (unpaired) electrons. The Hall–Kier alpha value is -3.70. The van der Waals surface area contributed by atoms with Gasteiger partial charge in [-0.05, 0) is 13.8 Å². The molecule has 12 nitrogen and oxygen atoms in total. The van der Waals surface area contributed by atoms with Gasteiger partial charge in [-0.3, -0.25) is 19.2 Å². The number of carbonyl (C=O) groups excluding carboxylic acids is 6. The summed E-state index contributed by atoms with van der Waals surface area (Å²) >= 11 is 0. The van der Waals surface area contributed by atoms with Crippen LogP contribution >= 0.6 is 0 Å². The third kappa shape index (κ3) is 16.9. The van der Waals surface area contributed by atoms with Crippen molar-refractivity contribution in [3.63, 3.8) is 0 Å². The van der Waals surface area contributed by atoms with Crippen molar-refractivity contribution in [1.82, 2.24) is 10.6 Å². The van der Waals surface area contributed by atoms with Crippen LogP contribution in [0.4, 0.5) is 0 Å². The molecular weight excluding hydrogens is 452 g/mol. The van der Waals surface area contributed by atoms with Crippen molar-refractivity contribution >= 4 is 35.7 Å². The molecule has 0 aliphatic rings. The van der Waals surface area contributed by atoms with Crippen molar-refractivity contribution in [3.8, 4) is 0 Å². The Morgan fingerprint density at radius 1 is 0.588 bits per heavy atom. The summed E-state index contributed by atoms with van der Waals surface area (Å²) in [6.45, 7) is 10.1. The summed E-state index contributed by atoms with van der Waals surface area (Å²) < 4.78 is 19.4. The molecule has 0 aromatic rings. The van der Waals surface area contributed by atoms with Crippen molar-refractivity contribution < 1.29 is 47.7 Å². The third-order valence-corrected chi connectivity index (χ3v) is 3.65. The van der Waals surface area contributed by atoms with Gasteiger partial charge in [0.15, 0.2) is 0 Å². The number of carbonyl (C=O) groups is 6. The van der Waals surface area contributed by atoms with Gasteiger partial charge in [-0.2, -0.15) is 0 Å². The van der Waals surface area contributed by atoms with Crippen LogP contribution < -0.4 is 10.6 Å². The van der Waals surface area contributed by atoms with E-state index in [0.29, 0.717) is 0 Å². The maximum absolute atomic E-state index is 11.7. The molecule has 0 aliphatic carbocycles. The Kier molecular flexibility index (Phi) is 15.9. The second-order valence-corrected chi connectivity index (χ2v) is 7.03. The van der Waals surface area contributed by atoms with E-state index in [1.165, 1.54) is 13.8 Å². The lowest BCUT2D eigenvalue weighted by molar-refractivity contribution is -0.149. The summed E-state index contributed by atoms with van der Waals surface area (Å²) in [7, 11) is 0. The number of rotatable bonds is 17. The Labute approximate surface area is 198 Å². The quantitative estimate of drug-likeness (QED) is 0.0951. The monoisotopic (exact) mass is 484 g/mol. The van der Waals surface area contributed by atoms with Gasteiger partial charge in [-0.25, -0.2) is 9.59 Å². The maximum Gasteiger partial charge on any atom is 0.333 e. The van der Waals surface area contributed by atoms with Crippen LogP contribution in [-0.4, -0.2) is 75.2 Å². The zero-order valence-electron chi connectivity index (χ0n) is 19.6. The fourth-order valence-corrected chi connectivity index (χ4v) is 1.96. The lowest BCUT2D eigenvalue weighted by Gasteiger charge is -2.08. The molecule has 0 heterocycles. The van der Waals surface area contributed by atoms with Crippen molar-refractivity contribution in [1.29, 1.82) is 0 Å². The fourth-order valence-electron chi connectivity index (χ4n) is 1.96. The number of ether oxygens (including phenoxy) is 4. The highest BCUT2D eigenvalue weighted by molar-refractivity contribution is 5.95. The molecule has 0 spiro atoms. The van der Waals surface area contributed by atoms with E-state index in [1.54, 1.807) is 0 Å². The topological polar surface area (TPSA) is 163 Å². The van der Waals surface area contributed by atoms with E-state index < -0.39 is 48.5 Å². The van der Waals surface area contributed by atoms with E-state index in [1.807, 2.05) is 0 Å². The molecule has 34 heavy (non-hydrogen) atoms. The third-order valence-electron chi connectivity index (χ3n) is 3.65. The van der Waals surface area contributed by atoms with Crippen molar-refractivity contribution in [2.45, 2.75) is 39.5 Å². The first-order chi connectivity index (χ1) is 16.0. The van der Waals surface area contributed by atoms with Gasteiger partial charge in [-0.15, -0.1) is 0 Å². The summed E-state index contributed by atoms with van der Waals surface area (Å²) in [5.74, 6) is -3.75. The first-order valence-corrected chi connectivity index (χ1v) is 10.5. The molecular formula is C22H32N2O10. The highest BCUT2D eigenvalue weighted by atomic mass is 16.6. The normalized spacial score (nSPS) is 9.82. The second-order valence-electron chi connectivity index (χ2n) is 7.03. The van der Waals surface area contributed by atoms with E-state index in [-0.39, 0.29) is 63.5 Å². The average Bonchev–Trinajstić information content (AvgIpc) is 2.75. The van der Waals surface area contributed by atoms with Gasteiger partial charge in [0.1, 0.15) is 12.8 Å². The number of hydrogen-bond acceptors (Lipinski definition) is 10. The average molecular weight is 485 g/mol. The molecule has 0 fully saturated rings. The van der Waals surface area contributed by atoms with Gasteiger partial charge in [-0.1, -0.05) is 13.2 Å². The van der Waals surface area contributed by atoms with E-state index in [0.717, 1.165) is 0 Å². The Morgan fingerprint density at radius 2 is 0.912 bits per heavy atom. The first kappa shape index (κ1) is 30.3. The summed E-state index contributed by atoms with van der Waals surface area (Å²) in [5, 5.41) is 4.84. The number of esters is 4. The van der Waals surface area contributed by atoms with Crippen LogP contribution in [0.1, 0.15) is 39.5 Å². The molecule has 0 bridgehead atoms. The number of hydrogen-bond donors (Lipinski definition) is 2. The van der Waals surface area contributed by atoms with E-state index >= 15 is 0 Å². The molecule has 0 saturated carbocycles. The molecule has 2 amide bonds. The van der Waals surface area contributed by atoms with Crippen LogP contribution in [0, 0.1) is 0 Å². The molecule has 0 aromatic heterocycles. The van der Waals surface area contributed by atoms with Crippen molar-refractivity contribution in [3.05, 3.63) is 24.3 Å². The molecule has 12 heteroatoms. The van der Waals surface area contributed by atoms with Gasteiger partial charge >= 0.3 is 23.9 Å². The molecule has 0 unspecified atom stereocenters. The predicted octanol–water partition coefficient (Wildman–Crippen LogP) is 0.104. The molecule has 0 saturated heterocycles. The fraction of sp³-hybridized carbons (Fsp3) is 0.545. The van der Waals surface area contributed by atoms with Gasteiger partial charge < -0.3 is 29.6 Å². The number of nitrogens with one attached hydrogen (secondary N) is 2. The van der Waals surface area contributed by atoms with E-state index in [2.05, 4.69) is 23.8 Å². The SMILES string of the molecule is C=C(C)C(=O)OCCCOC(=O)CC(=O)NCCNC(=O)CC(=O)OCCCOC(=O)C(=C)C. The van der Waals surface area contributed by atoms with Crippen LogP contribution in [0.25, 0.3) is 0 Å². The summed E-state index contributed by atoms with van der Waals surface area (Å²) in [6, 6.07) is 0. The lowest BCUT2D eigenvalue weighted by atomic mass is 10.3. The Bertz CT molecular complexity index is 712. The molecule has 2 N–H and O–H groups in total. The van der Waals surface area contributed by atoms with Crippen LogP contribution in [0.3, 0.4) is 0 Å². The van der Waals surface area contributed by atoms with Crippen LogP contribution in [0.15, 0.2) is 24.3 Å². The number of amides is 2. The Morgan fingerprint density at radius 3 is 1.24 bits per heavy atom. The van der Waals surface area contributed by atoms with Gasteiger partial charge in [0.25, 0.3) is 0 Å². The summed E-state index contributed by atoms with van der Waals surface area (Å²) in [4.78, 5) is 68.8. The van der Waals surface area contributed by atoms with E-state index in [9.17, 15) is 28.8 Å². The molecule has 0 rings (SSSR count). The summed E-state index contributed by atoms with van der Waals surface area (Å²) in [5.41, 5.74) is 0.529. The predicted molar refractivity (Wildman–Crippen MR) is 118 cm³/mol. The largest absolute Gasteiger partial charge is 0.465 e. The molecule has 190 valence electrons. The van der Waals surface area contributed by atoms with Crippen LogP contribution in [-0.2, 0) is 47.7 Å². The highest BCUT2D eigenvalue weighted by Crippen LogP contribution is 1.96. The Balaban J connectivity index is 3.75. The minimum absolute atomic E-state index is 0.0125. The minimum Gasteiger partial charge on any atom is -0.465 e. The zero-order chi connectivity index (χ0) is 25.9. The maximum atomic E-state index is 11.7. The smallest absolute Gasteiger partial charge is 0.333 e. The van der Waals surface area contributed by atoms with Crippen molar-refractivity contribution in [2.75, 3.05) is 39.5 Å². The highest BCUT2D eigenvalue weighted by Gasteiger charge is 2.13. The summed E-state index contributed by atoms with van der Waals surface area (Å²) in [6.07, 6.45) is -0.451. The molecule has 0 aliphatic heterocycles. The second kappa shape index (κ2) is 17.8. The van der Waals surface area contributed by atoms with Gasteiger partial charge in [0.2, 0.25) is 11.8 Å². The molecule has 0 atom stereocenters. The van der Waals surface area contributed by atoms with Crippen LogP contribution in [0.5, 0.6) is 0 Å². The zero-order valence-corrected chi connectivity index (χ0v) is 19.6. The standard InChI is InChI=1S/C22H32N2O10/c1-15(2)21(29)33-11-5-9-31-19(27)13-17(25)23-7-8-24-18(26)14-20(28)32-10-6-12-34-22(30)16(3)4/h1,3,5-14H2,2,4H3,(H,23,25)(H,24,26). The van der Waals surface area contributed by atoms with E-state index in [4.69, 9.17) is 18.9 Å². The minimum atomic E-state index is -0.745. The van der Waals surface area contributed by atoms with Crippen molar-refractivity contribution in [2.24, 2.45) is 0 Å². The van der Waals surface area contributed by atoms with Gasteiger partial charge in [0.05, 0.1) is 26.4 Å². The molecule has 0 aromatic carbocycles. The van der Waals surface area contributed by atoms with Gasteiger partial charge in [0, 0.05) is 37.1 Å². The van der Waals surface area contributed by atoms with Crippen LogP contribution in [0.2, 0.25) is 0 Å². The first-order valence-electron chi connectivity index (χ1n) is 10.5. The lowest BCUT2D eigenvalue weighted by Crippen LogP contribution is -2.36.